The minimum atomic E-state index is -1.56. The van der Waals surface area contributed by atoms with E-state index in [-0.39, 0.29) is 12.5 Å². The van der Waals surface area contributed by atoms with Crippen LogP contribution in [-0.4, -0.2) is 87.5 Å². The Hall–Kier alpha value is -1.07. The number of aliphatic hydroxyl groups is 5. The van der Waals surface area contributed by atoms with E-state index in [0.29, 0.717) is 6.42 Å². The predicted molar refractivity (Wildman–Crippen MR) is 258 cm³/mol. The normalized spacial score (nSPS) is 20.3. The number of unbranched alkanes of at least 4 members (excludes halogenated alkanes) is 36. The van der Waals surface area contributed by atoms with E-state index < -0.39 is 49.5 Å². The van der Waals surface area contributed by atoms with Crippen molar-refractivity contribution >= 4 is 5.91 Å². The number of amides is 1. The fourth-order valence-corrected chi connectivity index (χ4v) is 8.81. The van der Waals surface area contributed by atoms with Crippen LogP contribution in [-0.2, 0) is 14.3 Å². The van der Waals surface area contributed by atoms with Gasteiger partial charge in [-0.05, 0) is 19.3 Å². The number of rotatable bonds is 46. The lowest BCUT2D eigenvalue weighted by Gasteiger charge is -2.40. The summed E-state index contributed by atoms with van der Waals surface area (Å²) in [5, 5.41) is 54.4. The number of aliphatic hydroxyl groups excluding tert-OH is 5. The second kappa shape index (κ2) is 43.8. The van der Waals surface area contributed by atoms with Gasteiger partial charge in [0.25, 0.3) is 0 Å². The molecular formula is C53H103NO8. The van der Waals surface area contributed by atoms with Crippen LogP contribution in [0.5, 0.6) is 0 Å². The van der Waals surface area contributed by atoms with Crippen LogP contribution in [0.4, 0.5) is 0 Å². The van der Waals surface area contributed by atoms with E-state index >= 15 is 0 Å². The molecule has 6 N–H and O–H groups in total. The molecule has 0 radical (unpaired) electrons. The quantitative estimate of drug-likeness (QED) is 0.0261. The smallest absolute Gasteiger partial charge is 0.220 e. The zero-order valence-corrected chi connectivity index (χ0v) is 40.6. The Morgan fingerprint density at radius 3 is 1.26 bits per heavy atom. The van der Waals surface area contributed by atoms with Crippen LogP contribution in [0.25, 0.3) is 0 Å². The average molecular weight is 882 g/mol. The summed E-state index contributed by atoms with van der Waals surface area (Å²) in [6.07, 6.45) is 45.5. The zero-order valence-electron chi connectivity index (χ0n) is 40.6. The maximum atomic E-state index is 13.0. The second-order valence-electron chi connectivity index (χ2n) is 19.0. The Bertz CT molecular complexity index is 981. The molecule has 7 atom stereocenters. The van der Waals surface area contributed by atoms with Gasteiger partial charge < -0.3 is 40.3 Å². The van der Waals surface area contributed by atoms with Crippen LogP contribution < -0.4 is 5.32 Å². The van der Waals surface area contributed by atoms with Gasteiger partial charge in [-0.3, -0.25) is 4.79 Å². The second-order valence-corrected chi connectivity index (χ2v) is 19.0. The number of nitrogens with one attached hydrogen (secondary N) is 1. The first-order valence-electron chi connectivity index (χ1n) is 26.9. The van der Waals surface area contributed by atoms with Gasteiger partial charge in [0.05, 0.1) is 25.4 Å². The summed E-state index contributed by atoms with van der Waals surface area (Å²) in [5.74, 6) is -0.171. The molecule has 1 heterocycles. The summed E-state index contributed by atoms with van der Waals surface area (Å²) in [7, 11) is 0. The minimum Gasteiger partial charge on any atom is -0.394 e. The Balaban J connectivity index is 2.24. The summed E-state index contributed by atoms with van der Waals surface area (Å²) in [5.41, 5.74) is 0. The first kappa shape index (κ1) is 58.9. The van der Waals surface area contributed by atoms with Gasteiger partial charge in [-0.1, -0.05) is 251 Å². The molecule has 9 heteroatoms. The molecule has 62 heavy (non-hydrogen) atoms. The molecule has 368 valence electrons. The lowest BCUT2D eigenvalue weighted by Crippen LogP contribution is -2.60. The summed E-state index contributed by atoms with van der Waals surface area (Å²) in [4.78, 5) is 13.0. The van der Waals surface area contributed by atoms with Crippen LogP contribution in [0.2, 0.25) is 0 Å². The first-order valence-corrected chi connectivity index (χ1v) is 26.9. The third kappa shape index (κ3) is 33.4. The molecule has 1 fully saturated rings. The van der Waals surface area contributed by atoms with Crippen molar-refractivity contribution in [1.82, 2.24) is 5.32 Å². The van der Waals surface area contributed by atoms with Crippen LogP contribution in [0.1, 0.15) is 264 Å². The first-order chi connectivity index (χ1) is 30.3. The van der Waals surface area contributed by atoms with Crippen molar-refractivity contribution in [2.45, 2.75) is 307 Å². The third-order valence-corrected chi connectivity index (χ3v) is 13.1. The maximum absolute atomic E-state index is 13.0. The van der Waals surface area contributed by atoms with Crippen LogP contribution in [0.3, 0.4) is 0 Å². The van der Waals surface area contributed by atoms with E-state index in [1.54, 1.807) is 6.08 Å². The fourth-order valence-electron chi connectivity index (χ4n) is 8.81. The molecule has 0 aliphatic carbocycles. The third-order valence-electron chi connectivity index (χ3n) is 13.1. The molecular weight excluding hydrogens is 779 g/mol. The highest BCUT2D eigenvalue weighted by Gasteiger charge is 2.44. The Morgan fingerprint density at radius 2 is 0.887 bits per heavy atom. The SMILES string of the molecule is CCCCCCCCCCCCCCCC/C=C/[C@@H](O)[C@H](CO[C@H]1O[C@@H](CO)[C@H](O)C(O)C1O)NC(=O)CCCCCCCCCCCCCCCCCCCCCCCCC. The molecule has 0 aromatic heterocycles. The van der Waals surface area contributed by atoms with Crippen molar-refractivity contribution in [3.63, 3.8) is 0 Å². The van der Waals surface area contributed by atoms with E-state index in [9.17, 15) is 30.3 Å². The van der Waals surface area contributed by atoms with Crippen molar-refractivity contribution < 1.29 is 39.8 Å². The van der Waals surface area contributed by atoms with Gasteiger partial charge >= 0.3 is 0 Å². The van der Waals surface area contributed by atoms with Gasteiger partial charge in [-0.25, -0.2) is 0 Å². The standard InChI is InChI=1S/C53H103NO8/c1-3-5-7-9-11-13-15-17-19-21-22-23-24-25-26-27-29-31-33-35-37-39-41-43-49(57)54-46(45-61-53-52(60)51(59)50(58)48(44-55)62-53)47(56)42-40-38-36-34-32-30-28-20-18-16-14-12-10-8-6-4-2/h40,42,46-48,50-53,55-56,58-60H,3-39,41,43-45H2,1-2H3,(H,54,57)/b42-40+/t46-,47+,48-,50-,51?,52?,53-/m0/s1. The molecule has 0 bridgehead atoms. The number of hydrogen-bond donors (Lipinski definition) is 6. The Morgan fingerprint density at radius 1 is 0.532 bits per heavy atom. The lowest BCUT2D eigenvalue weighted by molar-refractivity contribution is -0.302. The van der Waals surface area contributed by atoms with E-state index in [2.05, 4.69) is 19.2 Å². The van der Waals surface area contributed by atoms with Crippen molar-refractivity contribution in [1.29, 1.82) is 0 Å². The van der Waals surface area contributed by atoms with Crippen LogP contribution in [0, 0.1) is 0 Å². The molecule has 2 unspecified atom stereocenters. The molecule has 0 aromatic carbocycles. The topological polar surface area (TPSA) is 149 Å². The van der Waals surface area contributed by atoms with Gasteiger partial charge in [-0.15, -0.1) is 0 Å². The predicted octanol–water partition coefficient (Wildman–Crippen LogP) is 12.5. The van der Waals surface area contributed by atoms with Crippen molar-refractivity contribution in [3.05, 3.63) is 12.2 Å². The summed E-state index contributed by atoms with van der Waals surface area (Å²) >= 11 is 0. The van der Waals surface area contributed by atoms with E-state index in [4.69, 9.17) is 9.47 Å². The van der Waals surface area contributed by atoms with Gasteiger partial charge in [0, 0.05) is 6.42 Å². The zero-order chi connectivity index (χ0) is 45.1. The van der Waals surface area contributed by atoms with Crippen molar-refractivity contribution in [2.75, 3.05) is 13.2 Å². The number of carbonyl (C=O) groups excluding carboxylic acids is 1. The van der Waals surface area contributed by atoms with Gasteiger partial charge in [0.2, 0.25) is 5.91 Å². The summed E-state index contributed by atoms with van der Waals surface area (Å²) in [6.45, 7) is 3.81. The van der Waals surface area contributed by atoms with Gasteiger partial charge in [-0.2, -0.15) is 0 Å². The highest BCUT2D eigenvalue weighted by molar-refractivity contribution is 5.76. The van der Waals surface area contributed by atoms with Gasteiger partial charge in [0.1, 0.15) is 24.4 Å². The van der Waals surface area contributed by atoms with Crippen LogP contribution >= 0.6 is 0 Å². The van der Waals surface area contributed by atoms with E-state index in [1.165, 1.54) is 205 Å². The Labute approximate surface area is 382 Å². The van der Waals surface area contributed by atoms with Gasteiger partial charge in [0.15, 0.2) is 6.29 Å². The minimum absolute atomic E-state index is 0.171. The number of carbonyl (C=O) groups is 1. The maximum Gasteiger partial charge on any atom is 0.220 e. The fraction of sp³-hybridized carbons (Fsp3) is 0.943. The Kier molecular flexibility index (Phi) is 41.6. The highest BCUT2D eigenvalue weighted by atomic mass is 16.7. The van der Waals surface area contributed by atoms with Crippen molar-refractivity contribution in [2.24, 2.45) is 0 Å². The number of ether oxygens (including phenoxy) is 2. The molecule has 0 saturated carbocycles. The average Bonchev–Trinajstić information content (AvgIpc) is 3.27. The molecule has 1 amide bonds. The van der Waals surface area contributed by atoms with E-state index in [1.807, 2.05) is 6.08 Å². The molecule has 1 aliphatic heterocycles. The van der Waals surface area contributed by atoms with Crippen LogP contribution in [0.15, 0.2) is 12.2 Å². The molecule has 1 aliphatic rings. The molecule has 1 rings (SSSR count). The highest BCUT2D eigenvalue weighted by Crippen LogP contribution is 2.23. The van der Waals surface area contributed by atoms with Crippen molar-refractivity contribution in [3.8, 4) is 0 Å². The molecule has 1 saturated heterocycles. The molecule has 0 spiro atoms. The monoisotopic (exact) mass is 882 g/mol. The number of hydrogen-bond acceptors (Lipinski definition) is 8. The lowest BCUT2D eigenvalue weighted by atomic mass is 9.99. The number of allylic oxidation sites excluding steroid dienone is 1. The summed E-state index contributed by atoms with van der Waals surface area (Å²) in [6, 6.07) is -0.799. The largest absolute Gasteiger partial charge is 0.394 e. The molecule has 9 nitrogen and oxygen atoms in total. The van der Waals surface area contributed by atoms with E-state index in [0.717, 1.165) is 38.5 Å². The summed E-state index contributed by atoms with van der Waals surface area (Å²) < 4.78 is 11.3. The molecule has 0 aromatic rings.